The first-order chi connectivity index (χ1) is 6.59. The predicted octanol–water partition coefficient (Wildman–Crippen LogP) is 2.10. The number of Topliss-reactive ketones (excluding diaryl/α,β-unsaturated/α-hetero) is 1. The molecule has 0 aliphatic heterocycles. The summed E-state index contributed by atoms with van der Waals surface area (Å²) in [6.45, 7) is 0. The lowest BCUT2D eigenvalue weighted by atomic mass is 10.1. The molecule has 2 rings (SSSR count). The van der Waals surface area contributed by atoms with Crippen LogP contribution in [0.15, 0.2) is 18.2 Å². The lowest BCUT2D eigenvalue weighted by molar-refractivity contribution is -0.384. The molecule has 14 heavy (non-hydrogen) atoms. The molecule has 0 heterocycles. The fraction of sp³-hybridized carbons (Fsp3) is 0.222. The van der Waals surface area contributed by atoms with Crippen LogP contribution >= 0.6 is 15.9 Å². The van der Waals surface area contributed by atoms with Crippen LogP contribution in [-0.4, -0.2) is 15.5 Å². The van der Waals surface area contributed by atoms with Crippen molar-refractivity contribution < 1.29 is 9.72 Å². The van der Waals surface area contributed by atoms with Crippen molar-refractivity contribution >= 4 is 27.4 Å². The third-order valence-corrected chi connectivity index (χ3v) is 2.99. The highest BCUT2D eigenvalue weighted by molar-refractivity contribution is 9.10. The van der Waals surface area contributed by atoms with E-state index in [0.717, 1.165) is 5.56 Å². The van der Waals surface area contributed by atoms with Gasteiger partial charge in [-0.1, -0.05) is 22.0 Å². The average Bonchev–Trinajstić information content (AvgIpc) is 2.43. The Kier molecular flexibility index (Phi) is 2.11. The van der Waals surface area contributed by atoms with Crippen molar-refractivity contribution in [2.75, 3.05) is 0 Å². The quantitative estimate of drug-likeness (QED) is 0.439. The molecule has 0 N–H and O–H groups in total. The smallest absolute Gasteiger partial charge is 0.270 e. The first kappa shape index (κ1) is 9.33. The van der Waals surface area contributed by atoms with E-state index in [1.807, 2.05) is 0 Å². The molecule has 1 aliphatic rings. The van der Waals surface area contributed by atoms with Gasteiger partial charge in [-0.2, -0.15) is 0 Å². The van der Waals surface area contributed by atoms with E-state index in [1.54, 1.807) is 6.07 Å². The number of ketones is 1. The molecular formula is C9H6BrNO3. The molecule has 0 bridgehead atoms. The molecule has 0 saturated heterocycles. The van der Waals surface area contributed by atoms with E-state index in [-0.39, 0.29) is 16.3 Å². The minimum Gasteiger partial charge on any atom is -0.293 e. The topological polar surface area (TPSA) is 60.2 Å². The van der Waals surface area contributed by atoms with Crippen LogP contribution in [0.5, 0.6) is 0 Å². The molecule has 0 aromatic heterocycles. The number of benzene rings is 1. The molecule has 0 fully saturated rings. The van der Waals surface area contributed by atoms with Gasteiger partial charge < -0.3 is 0 Å². The van der Waals surface area contributed by atoms with Gasteiger partial charge in [-0.3, -0.25) is 14.9 Å². The molecule has 0 saturated carbocycles. The summed E-state index contributed by atoms with van der Waals surface area (Å²) in [4.78, 5) is 21.3. The van der Waals surface area contributed by atoms with Gasteiger partial charge in [-0.25, -0.2) is 0 Å². The average molecular weight is 256 g/mol. The summed E-state index contributed by atoms with van der Waals surface area (Å²) < 4.78 is 0. The summed E-state index contributed by atoms with van der Waals surface area (Å²) in [5, 5.41) is 10.5. The second kappa shape index (κ2) is 3.16. The van der Waals surface area contributed by atoms with Crippen LogP contribution < -0.4 is 0 Å². The van der Waals surface area contributed by atoms with E-state index in [4.69, 9.17) is 0 Å². The minimum absolute atomic E-state index is 0.0290. The molecule has 1 unspecified atom stereocenters. The number of nitro groups is 1. The number of fused-ring (bicyclic) bond motifs is 1. The third kappa shape index (κ3) is 1.33. The number of rotatable bonds is 1. The van der Waals surface area contributed by atoms with E-state index < -0.39 is 4.92 Å². The van der Waals surface area contributed by atoms with Gasteiger partial charge in [0.05, 0.1) is 9.75 Å². The van der Waals surface area contributed by atoms with Crippen LogP contribution in [0.3, 0.4) is 0 Å². The van der Waals surface area contributed by atoms with Crippen LogP contribution in [0.4, 0.5) is 5.69 Å². The van der Waals surface area contributed by atoms with E-state index >= 15 is 0 Å². The van der Waals surface area contributed by atoms with Crippen molar-refractivity contribution in [2.45, 2.75) is 11.2 Å². The normalized spacial score (nSPS) is 19.5. The van der Waals surface area contributed by atoms with Gasteiger partial charge >= 0.3 is 0 Å². The number of hydrogen-bond acceptors (Lipinski definition) is 3. The summed E-state index contributed by atoms with van der Waals surface area (Å²) in [7, 11) is 0. The van der Waals surface area contributed by atoms with E-state index in [1.165, 1.54) is 12.1 Å². The molecule has 1 atom stereocenters. The summed E-state index contributed by atoms with van der Waals surface area (Å²) in [6, 6.07) is 4.42. The fourth-order valence-corrected chi connectivity index (χ4v) is 2.14. The number of nitrogens with zero attached hydrogens (tertiary/aromatic N) is 1. The SMILES string of the molecule is O=C1c2cc([N+](=O)[O-])ccc2CC1Br. The van der Waals surface area contributed by atoms with E-state index in [0.29, 0.717) is 12.0 Å². The lowest BCUT2D eigenvalue weighted by Gasteiger charge is -1.95. The summed E-state index contributed by atoms with van der Waals surface area (Å²) in [5.74, 6) is -0.0660. The number of carbonyl (C=O) groups is 1. The Morgan fingerprint density at radius 3 is 2.86 bits per heavy atom. The molecule has 72 valence electrons. The Morgan fingerprint density at radius 1 is 1.50 bits per heavy atom. The van der Waals surface area contributed by atoms with Gasteiger partial charge in [0.2, 0.25) is 0 Å². The molecule has 1 aliphatic carbocycles. The standard InChI is InChI=1S/C9H6BrNO3/c10-8-3-5-1-2-6(11(13)14)4-7(5)9(8)12/h1-2,4,8H,3H2. The molecular weight excluding hydrogens is 250 g/mol. The summed E-state index contributed by atoms with van der Waals surface area (Å²) in [6.07, 6.45) is 0.617. The van der Waals surface area contributed by atoms with Crippen LogP contribution in [0.2, 0.25) is 0 Å². The van der Waals surface area contributed by atoms with Crippen molar-refractivity contribution in [2.24, 2.45) is 0 Å². The maximum atomic E-state index is 11.5. The van der Waals surface area contributed by atoms with Crippen LogP contribution in [-0.2, 0) is 6.42 Å². The minimum atomic E-state index is -0.491. The van der Waals surface area contributed by atoms with E-state index in [2.05, 4.69) is 15.9 Å². The van der Waals surface area contributed by atoms with Gasteiger partial charge in [0.15, 0.2) is 5.78 Å². The summed E-state index contributed by atoms with van der Waals surface area (Å²) >= 11 is 3.23. The maximum Gasteiger partial charge on any atom is 0.270 e. The second-order valence-electron chi connectivity index (χ2n) is 3.13. The maximum absolute atomic E-state index is 11.5. The molecule has 0 spiro atoms. The summed E-state index contributed by atoms with van der Waals surface area (Å²) in [5.41, 5.74) is 1.32. The first-order valence-electron chi connectivity index (χ1n) is 4.05. The lowest BCUT2D eigenvalue weighted by Crippen LogP contribution is -2.06. The zero-order valence-corrected chi connectivity index (χ0v) is 8.65. The van der Waals surface area contributed by atoms with Crippen molar-refractivity contribution in [3.05, 3.63) is 39.4 Å². The Morgan fingerprint density at radius 2 is 2.21 bits per heavy atom. The number of carbonyl (C=O) groups excluding carboxylic acids is 1. The van der Waals surface area contributed by atoms with Crippen molar-refractivity contribution in [3.63, 3.8) is 0 Å². The molecule has 1 aromatic carbocycles. The third-order valence-electron chi connectivity index (χ3n) is 2.25. The van der Waals surface area contributed by atoms with Crippen molar-refractivity contribution in [1.29, 1.82) is 0 Å². The highest BCUT2D eigenvalue weighted by Crippen LogP contribution is 2.29. The van der Waals surface area contributed by atoms with Gasteiger partial charge in [0, 0.05) is 17.7 Å². The molecule has 0 amide bonds. The molecule has 4 nitrogen and oxygen atoms in total. The Bertz CT molecular complexity index is 430. The highest BCUT2D eigenvalue weighted by Gasteiger charge is 2.29. The number of hydrogen-bond donors (Lipinski definition) is 0. The number of non-ortho nitro benzene ring substituents is 1. The largest absolute Gasteiger partial charge is 0.293 e. The predicted molar refractivity (Wildman–Crippen MR) is 53.8 cm³/mol. The highest BCUT2D eigenvalue weighted by atomic mass is 79.9. The molecule has 5 heteroatoms. The number of alkyl halides is 1. The van der Waals surface area contributed by atoms with Gasteiger partial charge in [-0.05, 0) is 12.0 Å². The first-order valence-corrected chi connectivity index (χ1v) is 4.97. The zero-order valence-electron chi connectivity index (χ0n) is 7.07. The molecule has 1 aromatic rings. The fourth-order valence-electron chi connectivity index (χ4n) is 1.54. The monoisotopic (exact) mass is 255 g/mol. The number of nitro benzene ring substituents is 1. The van der Waals surface area contributed by atoms with Crippen LogP contribution in [0.25, 0.3) is 0 Å². The number of halogens is 1. The van der Waals surface area contributed by atoms with Gasteiger partial charge in [0.25, 0.3) is 5.69 Å². The Labute approximate surface area is 88.2 Å². The zero-order chi connectivity index (χ0) is 10.3. The Balaban J connectivity index is 2.51. The second-order valence-corrected chi connectivity index (χ2v) is 4.24. The van der Waals surface area contributed by atoms with Gasteiger partial charge in [0.1, 0.15) is 0 Å². The van der Waals surface area contributed by atoms with Gasteiger partial charge in [-0.15, -0.1) is 0 Å². The van der Waals surface area contributed by atoms with Crippen molar-refractivity contribution in [3.8, 4) is 0 Å². The van der Waals surface area contributed by atoms with Crippen LogP contribution in [0, 0.1) is 10.1 Å². The Hall–Kier alpha value is -1.23. The molecule has 0 radical (unpaired) electrons. The van der Waals surface area contributed by atoms with Crippen LogP contribution in [0.1, 0.15) is 15.9 Å². The van der Waals surface area contributed by atoms with E-state index in [9.17, 15) is 14.9 Å². The van der Waals surface area contributed by atoms with Crippen molar-refractivity contribution in [1.82, 2.24) is 0 Å².